The van der Waals surface area contributed by atoms with Gasteiger partial charge in [0, 0.05) is 18.2 Å². The minimum Gasteiger partial charge on any atom is -0.344 e. The average Bonchev–Trinajstić information content (AvgIpc) is 2.22. The van der Waals surface area contributed by atoms with Gasteiger partial charge < -0.3 is 5.32 Å². The molecular weight excluding hydrogens is 184 g/mol. The van der Waals surface area contributed by atoms with Crippen LogP contribution in [0.3, 0.4) is 0 Å². The Labute approximate surface area is 93.2 Å². The van der Waals surface area contributed by atoms with Gasteiger partial charge in [0.2, 0.25) is 0 Å². The fourth-order valence-electron chi connectivity index (χ4n) is 1.90. The summed E-state index contributed by atoms with van der Waals surface area (Å²) >= 11 is 0. The standard InChI is InChI=1S/C13H22N2/c1-4-11(3)15-13-12(5-2)9-7-6-8-10-14-13/h4,12H,1,3,5-10H2,2H3,(H,14,15). The Kier molecular flexibility index (Phi) is 5.16. The number of nitrogens with one attached hydrogen (secondary N) is 1. The monoisotopic (exact) mass is 206 g/mol. The number of aliphatic imine (C=N–C) groups is 1. The first-order valence-electron chi connectivity index (χ1n) is 5.90. The zero-order chi connectivity index (χ0) is 11.1. The van der Waals surface area contributed by atoms with E-state index in [9.17, 15) is 0 Å². The quantitative estimate of drug-likeness (QED) is 0.704. The van der Waals surface area contributed by atoms with Crippen LogP contribution in [0.4, 0.5) is 0 Å². The second-order valence-corrected chi connectivity index (χ2v) is 4.08. The van der Waals surface area contributed by atoms with E-state index in [1.165, 1.54) is 25.7 Å². The summed E-state index contributed by atoms with van der Waals surface area (Å²) in [5, 5.41) is 3.27. The van der Waals surface area contributed by atoms with E-state index >= 15 is 0 Å². The molecule has 1 atom stereocenters. The molecule has 1 heterocycles. The largest absolute Gasteiger partial charge is 0.344 e. The zero-order valence-electron chi connectivity index (χ0n) is 9.76. The Morgan fingerprint density at radius 3 is 3.00 bits per heavy atom. The van der Waals surface area contributed by atoms with Gasteiger partial charge in [0.15, 0.2) is 0 Å². The van der Waals surface area contributed by atoms with E-state index in [-0.39, 0.29) is 0 Å². The Bertz CT molecular complexity index is 253. The number of hydrogen-bond acceptors (Lipinski definition) is 2. The minimum atomic E-state index is 0.571. The molecule has 1 aliphatic heterocycles. The second kappa shape index (κ2) is 6.44. The molecule has 0 saturated heterocycles. The predicted molar refractivity (Wildman–Crippen MR) is 67.0 cm³/mol. The zero-order valence-corrected chi connectivity index (χ0v) is 9.76. The van der Waals surface area contributed by atoms with Gasteiger partial charge in [0.25, 0.3) is 0 Å². The summed E-state index contributed by atoms with van der Waals surface area (Å²) < 4.78 is 0. The summed E-state index contributed by atoms with van der Waals surface area (Å²) in [4.78, 5) is 4.62. The molecule has 1 aliphatic rings. The molecule has 0 radical (unpaired) electrons. The van der Waals surface area contributed by atoms with Gasteiger partial charge in [-0.3, -0.25) is 4.99 Å². The molecule has 1 N–H and O–H groups in total. The molecule has 0 bridgehead atoms. The smallest absolute Gasteiger partial charge is 0.104 e. The van der Waals surface area contributed by atoms with Crippen LogP contribution in [0.5, 0.6) is 0 Å². The van der Waals surface area contributed by atoms with E-state index in [1.807, 2.05) is 0 Å². The topological polar surface area (TPSA) is 24.4 Å². The van der Waals surface area contributed by atoms with Crippen molar-refractivity contribution in [2.45, 2.75) is 39.0 Å². The van der Waals surface area contributed by atoms with Crippen LogP contribution in [0.15, 0.2) is 29.9 Å². The second-order valence-electron chi connectivity index (χ2n) is 4.08. The number of rotatable bonds is 3. The van der Waals surface area contributed by atoms with Crippen molar-refractivity contribution in [1.29, 1.82) is 0 Å². The van der Waals surface area contributed by atoms with Crippen LogP contribution in [0, 0.1) is 5.92 Å². The minimum absolute atomic E-state index is 0.571. The molecule has 2 nitrogen and oxygen atoms in total. The molecule has 0 amide bonds. The number of hydrogen-bond donors (Lipinski definition) is 1. The highest BCUT2D eigenvalue weighted by molar-refractivity contribution is 5.86. The molecule has 0 fully saturated rings. The van der Waals surface area contributed by atoms with Crippen LogP contribution in [-0.2, 0) is 0 Å². The van der Waals surface area contributed by atoms with E-state index < -0.39 is 0 Å². The third-order valence-corrected chi connectivity index (χ3v) is 2.91. The Hall–Kier alpha value is -1.05. The van der Waals surface area contributed by atoms with E-state index in [4.69, 9.17) is 0 Å². The SMILES string of the molecule is C=CC(=C)NC1=NCCCCCC1CC. The number of nitrogens with zero attached hydrogens (tertiary/aromatic N) is 1. The van der Waals surface area contributed by atoms with Crippen LogP contribution < -0.4 is 5.32 Å². The lowest BCUT2D eigenvalue weighted by atomic mass is 9.95. The number of allylic oxidation sites excluding steroid dienone is 1. The molecule has 0 spiro atoms. The van der Waals surface area contributed by atoms with Gasteiger partial charge >= 0.3 is 0 Å². The van der Waals surface area contributed by atoms with Gasteiger partial charge in [0.05, 0.1) is 0 Å². The van der Waals surface area contributed by atoms with Crippen molar-refractivity contribution in [2.24, 2.45) is 10.9 Å². The first-order valence-corrected chi connectivity index (χ1v) is 5.90. The van der Waals surface area contributed by atoms with Crippen LogP contribution in [0.2, 0.25) is 0 Å². The molecule has 0 saturated carbocycles. The van der Waals surface area contributed by atoms with Crippen molar-refractivity contribution in [3.05, 3.63) is 24.9 Å². The molecule has 0 aromatic heterocycles. The van der Waals surface area contributed by atoms with E-state index in [0.29, 0.717) is 5.92 Å². The highest BCUT2D eigenvalue weighted by atomic mass is 15.0. The predicted octanol–water partition coefficient (Wildman–Crippen LogP) is 3.27. The lowest BCUT2D eigenvalue weighted by Crippen LogP contribution is -2.30. The van der Waals surface area contributed by atoms with Crippen molar-refractivity contribution in [2.75, 3.05) is 6.54 Å². The normalized spacial score (nSPS) is 22.2. The van der Waals surface area contributed by atoms with Crippen LogP contribution in [0.1, 0.15) is 39.0 Å². The van der Waals surface area contributed by atoms with Crippen molar-refractivity contribution in [1.82, 2.24) is 5.32 Å². The Balaban J connectivity index is 2.67. The lowest BCUT2D eigenvalue weighted by molar-refractivity contribution is 0.521. The summed E-state index contributed by atoms with van der Waals surface area (Å²) in [5.74, 6) is 1.68. The molecular formula is C13H22N2. The average molecular weight is 206 g/mol. The molecule has 15 heavy (non-hydrogen) atoms. The summed E-state index contributed by atoms with van der Waals surface area (Å²) in [6.07, 6.45) is 7.98. The van der Waals surface area contributed by atoms with Crippen LogP contribution >= 0.6 is 0 Å². The van der Waals surface area contributed by atoms with Gasteiger partial charge in [-0.2, -0.15) is 0 Å². The first kappa shape index (κ1) is 12.0. The van der Waals surface area contributed by atoms with Gasteiger partial charge in [-0.1, -0.05) is 32.9 Å². The maximum Gasteiger partial charge on any atom is 0.104 e. The van der Waals surface area contributed by atoms with Gasteiger partial charge in [-0.25, -0.2) is 0 Å². The molecule has 1 unspecified atom stereocenters. The van der Waals surface area contributed by atoms with Gasteiger partial charge in [-0.15, -0.1) is 0 Å². The molecule has 2 heteroatoms. The Morgan fingerprint density at radius 1 is 1.53 bits per heavy atom. The van der Waals surface area contributed by atoms with E-state index in [0.717, 1.165) is 24.5 Å². The van der Waals surface area contributed by atoms with E-state index in [2.05, 4.69) is 30.4 Å². The fraction of sp³-hybridized carbons (Fsp3) is 0.615. The molecule has 0 aromatic rings. The van der Waals surface area contributed by atoms with Crippen molar-refractivity contribution < 1.29 is 0 Å². The highest BCUT2D eigenvalue weighted by Gasteiger charge is 2.15. The fourth-order valence-corrected chi connectivity index (χ4v) is 1.90. The first-order chi connectivity index (χ1) is 7.27. The molecule has 0 aromatic carbocycles. The molecule has 84 valence electrons. The molecule has 0 aliphatic carbocycles. The Morgan fingerprint density at radius 2 is 2.33 bits per heavy atom. The summed E-state index contributed by atoms with van der Waals surface area (Å²) in [7, 11) is 0. The van der Waals surface area contributed by atoms with Crippen molar-refractivity contribution in [3.8, 4) is 0 Å². The maximum atomic E-state index is 4.62. The van der Waals surface area contributed by atoms with Gasteiger partial charge in [0.1, 0.15) is 5.84 Å². The van der Waals surface area contributed by atoms with Gasteiger partial charge in [-0.05, 0) is 25.3 Å². The van der Waals surface area contributed by atoms with E-state index in [1.54, 1.807) is 6.08 Å². The lowest BCUT2D eigenvalue weighted by Gasteiger charge is -2.21. The van der Waals surface area contributed by atoms with Crippen molar-refractivity contribution in [3.63, 3.8) is 0 Å². The summed E-state index contributed by atoms with van der Waals surface area (Å²) in [5.41, 5.74) is 0.854. The number of amidine groups is 1. The highest BCUT2D eigenvalue weighted by Crippen LogP contribution is 2.18. The van der Waals surface area contributed by atoms with Crippen LogP contribution in [0.25, 0.3) is 0 Å². The van der Waals surface area contributed by atoms with Crippen molar-refractivity contribution >= 4 is 5.84 Å². The summed E-state index contributed by atoms with van der Waals surface area (Å²) in [6, 6.07) is 0. The molecule has 1 rings (SSSR count). The maximum absolute atomic E-state index is 4.62. The van der Waals surface area contributed by atoms with Crippen LogP contribution in [-0.4, -0.2) is 12.4 Å². The third kappa shape index (κ3) is 3.90. The third-order valence-electron chi connectivity index (χ3n) is 2.91. The summed E-state index contributed by atoms with van der Waals surface area (Å²) in [6.45, 7) is 10.8.